The number of aliphatic hydroxyl groups is 1. The van der Waals surface area contributed by atoms with Gasteiger partial charge in [0.1, 0.15) is 5.69 Å². The number of hydrogen-bond acceptors (Lipinski definition) is 12. The van der Waals surface area contributed by atoms with Gasteiger partial charge in [0.15, 0.2) is 22.8 Å². The third-order valence-electron chi connectivity index (χ3n) is 9.35. The maximum Gasteiger partial charge on any atom is 0.415 e. The van der Waals surface area contributed by atoms with Crippen LogP contribution in [-0.4, -0.2) is 121 Å². The third kappa shape index (κ3) is 6.92. The molecule has 15 nitrogen and oxygen atoms in total. The number of ketones is 1. The number of Topliss-reactive ketones (excluding diaryl/α,β-unsaturated/α-hetero) is 1. The number of aromatic amines is 1. The SMILES string of the molecule is COC(=O)C1(C)Nc2c(OC(=O)N3CCN(CCN)CC3)cc3c(c2C1=O)CC(Br)CN3C(=O)c1cc2cc(CO)c(OC)c(OC)c2[nH]1.Cl.Cl. The van der Waals surface area contributed by atoms with E-state index in [4.69, 9.17) is 24.7 Å². The molecule has 6 rings (SSSR count). The molecule has 0 spiro atoms. The van der Waals surface area contributed by atoms with Crippen LogP contribution in [0.25, 0.3) is 10.9 Å². The summed E-state index contributed by atoms with van der Waals surface area (Å²) in [5, 5.41) is 13.5. The van der Waals surface area contributed by atoms with Crippen LogP contribution >= 0.6 is 40.7 Å². The number of hydrogen-bond donors (Lipinski definition) is 4. The summed E-state index contributed by atoms with van der Waals surface area (Å²) in [5.74, 6) is -1.13. The van der Waals surface area contributed by atoms with Crippen LogP contribution in [0, 0.1) is 0 Å². The second-order valence-corrected chi connectivity index (χ2v) is 13.6. The first kappa shape index (κ1) is 40.0. The summed E-state index contributed by atoms with van der Waals surface area (Å²) in [7, 11) is 4.12. The van der Waals surface area contributed by atoms with Gasteiger partial charge in [-0.3, -0.25) is 14.5 Å². The molecule has 2 atom stereocenters. The van der Waals surface area contributed by atoms with E-state index in [2.05, 4.69) is 31.1 Å². The fourth-order valence-electron chi connectivity index (χ4n) is 6.84. The highest BCUT2D eigenvalue weighted by atomic mass is 79.9. The lowest BCUT2D eigenvalue weighted by Gasteiger charge is -2.35. The Kier molecular flexibility index (Phi) is 12.4. The molecule has 1 fully saturated rings. The van der Waals surface area contributed by atoms with E-state index < -0.39 is 29.3 Å². The Morgan fingerprint density at radius 2 is 1.75 bits per heavy atom. The number of anilines is 2. The summed E-state index contributed by atoms with van der Waals surface area (Å²) in [6, 6.07) is 4.92. The van der Waals surface area contributed by atoms with E-state index in [1.165, 1.54) is 33.2 Å². The molecule has 51 heavy (non-hydrogen) atoms. The molecule has 5 N–H and O–H groups in total. The maximum atomic E-state index is 14.4. The minimum Gasteiger partial charge on any atom is -0.492 e. The molecular formula is C33H41BrCl2N6O9. The second-order valence-electron chi connectivity index (χ2n) is 12.3. The normalized spacial score (nSPS) is 19.7. The van der Waals surface area contributed by atoms with Gasteiger partial charge < -0.3 is 49.9 Å². The van der Waals surface area contributed by atoms with E-state index >= 15 is 0 Å². The highest BCUT2D eigenvalue weighted by molar-refractivity contribution is 9.09. The highest BCUT2D eigenvalue weighted by Crippen LogP contribution is 2.48. The molecule has 278 valence electrons. The standard InChI is InChI=1S/C33H39BrN6O9.2ClH/c1-33(31(44)48-4)29(42)24-20-13-19(34)15-40(30(43)21-12-17-11-18(16-41)27(46-2)28(47-3)25(17)36-21)22(20)14-23(26(24)37-33)49-32(45)39-9-7-38(6-5-35)8-10-39;;/h11-12,14,19,36-37,41H,5-10,13,15-16,35H2,1-4H3;2*1H. The van der Waals surface area contributed by atoms with Crippen LogP contribution in [0.4, 0.5) is 16.2 Å². The zero-order chi connectivity index (χ0) is 35.2. The van der Waals surface area contributed by atoms with Crippen molar-refractivity contribution in [3.8, 4) is 17.2 Å². The van der Waals surface area contributed by atoms with Gasteiger partial charge in [0.25, 0.3) is 5.91 Å². The van der Waals surface area contributed by atoms with Crippen molar-refractivity contribution in [2.24, 2.45) is 5.73 Å². The van der Waals surface area contributed by atoms with Gasteiger partial charge in [-0.1, -0.05) is 15.9 Å². The number of ether oxygens (including phenoxy) is 4. The third-order valence-corrected chi connectivity index (χ3v) is 9.97. The van der Waals surface area contributed by atoms with Crippen molar-refractivity contribution in [3.05, 3.63) is 40.6 Å². The van der Waals surface area contributed by atoms with Crippen molar-refractivity contribution in [1.29, 1.82) is 0 Å². The minimum atomic E-state index is -1.79. The van der Waals surface area contributed by atoms with Crippen molar-refractivity contribution in [2.75, 3.05) is 77.4 Å². The van der Waals surface area contributed by atoms with Crippen LogP contribution in [0.3, 0.4) is 0 Å². The predicted molar refractivity (Wildman–Crippen MR) is 198 cm³/mol. The molecule has 2 unspecified atom stereocenters. The number of carbonyl (C=O) groups is 4. The van der Waals surface area contributed by atoms with Crippen molar-refractivity contribution < 1.29 is 43.2 Å². The van der Waals surface area contributed by atoms with Gasteiger partial charge in [0.05, 0.1) is 50.4 Å². The minimum absolute atomic E-state index is 0. The number of methoxy groups -OCH3 is 3. The monoisotopic (exact) mass is 814 g/mol. The number of amides is 2. The Bertz CT molecular complexity index is 1850. The van der Waals surface area contributed by atoms with Gasteiger partial charge in [-0.15, -0.1) is 24.8 Å². The Labute approximate surface area is 315 Å². The number of aromatic nitrogens is 1. The van der Waals surface area contributed by atoms with E-state index in [0.717, 1.165) is 6.54 Å². The van der Waals surface area contributed by atoms with Gasteiger partial charge in [0.2, 0.25) is 5.78 Å². The molecule has 2 amide bonds. The average molecular weight is 817 g/mol. The van der Waals surface area contributed by atoms with Crippen LogP contribution < -0.4 is 30.2 Å². The first-order chi connectivity index (χ1) is 23.5. The molecule has 3 aliphatic heterocycles. The topological polar surface area (TPSA) is 189 Å². The average Bonchev–Trinajstić information content (AvgIpc) is 3.65. The molecule has 0 bridgehead atoms. The van der Waals surface area contributed by atoms with Crippen molar-refractivity contribution in [2.45, 2.75) is 30.3 Å². The number of piperazine rings is 1. The van der Waals surface area contributed by atoms with Gasteiger partial charge in [-0.25, -0.2) is 9.59 Å². The van der Waals surface area contributed by atoms with Gasteiger partial charge in [-0.05, 0) is 31.0 Å². The maximum absolute atomic E-state index is 14.4. The molecule has 3 aliphatic rings. The Hall–Kier alpha value is -3.80. The number of esters is 1. The molecule has 1 aromatic heterocycles. The molecule has 4 heterocycles. The van der Waals surface area contributed by atoms with Crippen molar-refractivity contribution in [3.63, 3.8) is 0 Å². The summed E-state index contributed by atoms with van der Waals surface area (Å²) in [6.45, 7) is 4.65. The summed E-state index contributed by atoms with van der Waals surface area (Å²) < 4.78 is 22.0. The van der Waals surface area contributed by atoms with Gasteiger partial charge in [0, 0.05) is 67.7 Å². The van der Waals surface area contributed by atoms with Crippen molar-refractivity contribution in [1.82, 2.24) is 14.8 Å². The summed E-state index contributed by atoms with van der Waals surface area (Å²) in [4.78, 5) is 63.0. The quantitative estimate of drug-likeness (QED) is 0.148. The number of nitrogens with zero attached hydrogens (tertiary/aromatic N) is 3. The summed E-state index contributed by atoms with van der Waals surface area (Å²) in [6.07, 6.45) is -0.278. The molecule has 3 aromatic rings. The molecule has 18 heteroatoms. The number of nitrogens with two attached hydrogens (primary N) is 1. The lowest BCUT2D eigenvalue weighted by Crippen LogP contribution is -2.50. The van der Waals surface area contributed by atoms with Crippen LogP contribution in [0.5, 0.6) is 17.2 Å². The van der Waals surface area contributed by atoms with Crippen LogP contribution in [0.1, 0.15) is 38.9 Å². The number of alkyl halides is 1. The molecule has 0 aliphatic carbocycles. The highest BCUT2D eigenvalue weighted by Gasteiger charge is 2.52. The van der Waals surface area contributed by atoms with E-state index in [-0.39, 0.29) is 65.5 Å². The van der Waals surface area contributed by atoms with Crippen molar-refractivity contribution >= 4 is 86.8 Å². The number of benzene rings is 2. The molecular weight excluding hydrogens is 775 g/mol. The predicted octanol–water partition coefficient (Wildman–Crippen LogP) is 3.10. The number of rotatable bonds is 8. The van der Waals surface area contributed by atoms with Gasteiger partial charge in [-0.2, -0.15) is 0 Å². The molecule has 2 aromatic carbocycles. The smallest absolute Gasteiger partial charge is 0.415 e. The molecule has 1 saturated heterocycles. The molecule has 0 saturated carbocycles. The second kappa shape index (κ2) is 15.8. The number of aliphatic hydroxyl groups excluding tert-OH is 1. The Balaban J connectivity index is 0.00000292. The van der Waals surface area contributed by atoms with Crippen LogP contribution in [-0.2, 0) is 22.6 Å². The summed E-state index contributed by atoms with van der Waals surface area (Å²) >= 11 is 3.67. The number of carbonyl (C=O) groups excluding carboxylic acids is 4. The lowest BCUT2D eigenvalue weighted by molar-refractivity contribution is -0.143. The number of H-pyrrole nitrogens is 1. The zero-order valence-electron chi connectivity index (χ0n) is 28.5. The van der Waals surface area contributed by atoms with E-state index in [1.807, 2.05) is 0 Å². The molecule has 0 radical (unpaired) electrons. The Morgan fingerprint density at radius 3 is 2.35 bits per heavy atom. The first-order valence-electron chi connectivity index (χ1n) is 15.8. The van der Waals surface area contributed by atoms with Crippen LogP contribution in [0.2, 0.25) is 0 Å². The van der Waals surface area contributed by atoms with E-state index in [0.29, 0.717) is 78.4 Å². The summed E-state index contributed by atoms with van der Waals surface area (Å²) in [5.41, 5.74) is 6.29. The Morgan fingerprint density at radius 1 is 1.06 bits per heavy atom. The number of nitrogens with one attached hydrogen (secondary N) is 2. The van der Waals surface area contributed by atoms with E-state index in [9.17, 15) is 24.3 Å². The van der Waals surface area contributed by atoms with Gasteiger partial charge >= 0.3 is 12.1 Å². The fourth-order valence-corrected chi connectivity index (χ4v) is 7.46. The fraction of sp³-hybridized carbons (Fsp3) is 0.455. The van der Waals surface area contributed by atoms with Crippen LogP contribution in [0.15, 0.2) is 18.2 Å². The largest absolute Gasteiger partial charge is 0.492 e. The van der Waals surface area contributed by atoms with E-state index in [1.54, 1.807) is 23.1 Å². The zero-order valence-corrected chi connectivity index (χ0v) is 31.7. The first-order valence-corrected chi connectivity index (χ1v) is 16.7. The lowest BCUT2D eigenvalue weighted by atomic mass is 9.88. The number of halogens is 3. The number of fused-ring (bicyclic) bond motifs is 4.